The van der Waals surface area contributed by atoms with E-state index in [9.17, 15) is 4.79 Å². The first-order chi connectivity index (χ1) is 11.6. The van der Waals surface area contributed by atoms with Crippen molar-refractivity contribution < 1.29 is 9.32 Å². The van der Waals surface area contributed by atoms with Gasteiger partial charge in [-0.15, -0.1) is 0 Å². The second-order valence-corrected chi connectivity index (χ2v) is 8.41. The molecule has 4 rings (SSSR count). The van der Waals surface area contributed by atoms with Crippen molar-refractivity contribution in [1.82, 2.24) is 15.0 Å². The smallest absolute Gasteiger partial charge is 0.229 e. The van der Waals surface area contributed by atoms with Crippen molar-refractivity contribution in [3.05, 3.63) is 11.7 Å². The number of fused-ring (bicyclic) bond motifs is 1. The average molecular weight is 331 g/mol. The molecule has 1 aliphatic heterocycles. The molecule has 1 saturated heterocycles. The molecule has 0 unspecified atom stereocenters. The molecule has 2 heterocycles. The van der Waals surface area contributed by atoms with Gasteiger partial charge < -0.3 is 9.42 Å². The van der Waals surface area contributed by atoms with Gasteiger partial charge in [0.1, 0.15) is 0 Å². The van der Waals surface area contributed by atoms with Crippen molar-refractivity contribution in [2.75, 3.05) is 13.1 Å². The number of nitrogens with zero attached hydrogens (tertiary/aromatic N) is 3. The highest BCUT2D eigenvalue weighted by Crippen LogP contribution is 2.50. The summed E-state index contributed by atoms with van der Waals surface area (Å²) >= 11 is 0. The quantitative estimate of drug-likeness (QED) is 0.848. The van der Waals surface area contributed by atoms with Crippen LogP contribution in [0.25, 0.3) is 0 Å². The lowest BCUT2D eigenvalue weighted by molar-refractivity contribution is -0.135. The Bertz CT molecular complexity index is 606. The zero-order valence-electron chi connectivity index (χ0n) is 15.0. The molecule has 0 radical (unpaired) electrons. The first kappa shape index (κ1) is 16.1. The van der Waals surface area contributed by atoms with Gasteiger partial charge in [0, 0.05) is 24.9 Å². The maximum Gasteiger partial charge on any atom is 0.229 e. The molecule has 0 spiro atoms. The standard InChI is InChI=1S/C19H29N3O2/c1-13(2)16-20-18(21-24-16)19-10-6-9-15(19)11-22(12-19)17(23)14-7-4-3-5-8-14/h13-15H,3-12H2,1-2H3/t15-,19-/m1/s1. The second-order valence-electron chi connectivity index (χ2n) is 8.41. The van der Waals surface area contributed by atoms with Crippen LogP contribution in [0.4, 0.5) is 0 Å². The summed E-state index contributed by atoms with van der Waals surface area (Å²) in [5.74, 6) is 2.98. The van der Waals surface area contributed by atoms with Crippen LogP contribution in [0.2, 0.25) is 0 Å². The Morgan fingerprint density at radius 3 is 2.71 bits per heavy atom. The zero-order valence-corrected chi connectivity index (χ0v) is 15.0. The van der Waals surface area contributed by atoms with Crippen molar-refractivity contribution in [1.29, 1.82) is 0 Å². The van der Waals surface area contributed by atoms with Crippen molar-refractivity contribution in [2.24, 2.45) is 11.8 Å². The summed E-state index contributed by atoms with van der Waals surface area (Å²) in [6.45, 7) is 5.84. The van der Waals surface area contributed by atoms with Crippen molar-refractivity contribution in [2.45, 2.75) is 76.5 Å². The third-order valence-electron chi connectivity index (χ3n) is 6.52. The third kappa shape index (κ3) is 2.56. The predicted molar refractivity (Wildman–Crippen MR) is 90.6 cm³/mol. The van der Waals surface area contributed by atoms with E-state index in [1.807, 2.05) is 0 Å². The van der Waals surface area contributed by atoms with E-state index in [0.717, 1.165) is 44.1 Å². The molecule has 2 aliphatic carbocycles. The van der Waals surface area contributed by atoms with Crippen LogP contribution >= 0.6 is 0 Å². The van der Waals surface area contributed by atoms with E-state index in [1.165, 1.54) is 32.1 Å². The zero-order chi connectivity index (χ0) is 16.7. The summed E-state index contributed by atoms with van der Waals surface area (Å²) in [7, 11) is 0. The van der Waals surface area contributed by atoms with Crippen molar-refractivity contribution >= 4 is 5.91 Å². The number of hydrogen-bond acceptors (Lipinski definition) is 4. The summed E-state index contributed by atoms with van der Waals surface area (Å²) < 4.78 is 5.49. The lowest BCUT2D eigenvalue weighted by atomic mass is 9.80. The number of aromatic nitrogens is 2. The Hall–Kier alpha value is -1.39. The molecule has 0 bridgehead atoms. The molecule has 1 aromatic heterocycles. The minimum atomic E-state index is -0.0546. The van der Waals surface area contributed by atoms with Crippen LogP contribution in [0.5, 0.6) is 0 Å². The van der Waals surface area contributed by atoms with Crippen LogP contribution in [0.3, 0.4) is 0 Å². The molecule has 5 heteroatoms. The van der Waals surface area contributed by atoms with Crippen LogP contribution in [0.1, 0.15) is 82.8 Å². The molecule has 2 atom stereocenters. The number of rotatable bonds is 3. The maximum absolute atomic E-state index is 13.0. The maximum atomic E-state index is 13.0. The van der Waals surface area contributed by atoms with Crippen LogP contribution in [0.15, 0.2) is 4.52 Å². The molecule has 132 valence electrons. The normalized spacial score (nSPS) is 31.0. The second kappa shape index (κ2) is 6.16. The fourth-order valence-corrected chi connectivity index (χ4v) is 5.10. The molecule has 24 heavy (non-hydrogen) atoms. The van der Waals surface area contributed by atoms with Gasteiger partial charge in [-0.2, -0.15) is 4.98 Å². The van der Waals surface area contributed by atoms with Crippen molar-refractivity contribution in [3.63, 3.8) is 0 Å². The van der Waals surface area contributed by atoms with Gasteiger partial charge in [0.05, 0.1) is 5.41 Å². The lowest BCUT2D eigenvalue weighted by Gasteiger charge is -2.28. The molecule has 3 aliphatic rings. The number of likely N-dealkylation sites (tertiary alicyclic amines) is 1. The van der Waals surface area contributed by atoms with Gasteiger partial charge in [-0.25, -0.2) is 0 Å². The van der Waals surface area contributed by atoms with Crippen LogP contribution in [-0.2, 0) is 10.2 Å². The number of carbonyl (C=O) groups excluding carboxylic acids is 1. The average Bonchev–Trinajstić information content (AvgIpc) is 3.28. The summed E-state index contributed by atoms with van der Waals surface area (Å²) in [5, 5.41) is 4.34. The first-order valence-electron chi connectivity index (χ1n) is 9.73. The van der Waals surface area contributed by atoms with Crippen LogP contribution in [-0.4, -0.2) is 34.0 Å². The molecule has 1 amide bonds. The first-order valence-corrected chi connectivity index (χ1v) is 9.73. The molecular weight excluding hydrogens is 302 g/mol. The highest BCUT2D eigenvalue weighted by molar-refractivity contribution is 5.79. The fourth-order valence-electron chi connectivity index (χ4n) is 5.10. The largest absolute Gasteiger partial charge is 0.341 e. The summed E-state index contributed by atoms with van der Waals surface area (Å²) in [6, 6.07) is 0. The van der Waals surface area contributed by atoms with E-state index in [2.05, 4.69) is 23.9 Å². The molecule has 0 N–H and O–H groups in total. The number of hydrogen-bond donors (Lipinski definition) is 0. The Balaban J connectivity index is 1.55. The van der Waals surface area contributed by atoms with E-state index < -0.39 is 0 Å². The molecular formula is C19H29N3O2. The van der Waals surface area contributed by atoms with Gasteiger partial charge in [0.15, 0.2) is 5.82 Å². The Morgan fingerprint density at radius 2 is 2.00 bits per heavy atom. The molecule has 2 saturated carbocycles. The Kier molecular flexibility index (Phi) is 4.13. The SMILES string of the molecule is CC(C)c1nc([C@@]23CCC[C@@H]2CN(C(=O)C2CCCCC2)C3)no1. The highest BCUT2D eigenvalue weighted by Gasteiger charge is 2.54. The Labute approximate surface area is 144 Å². The fraction of sp³-hybridized carbons (Fsp3) is 0.842. The lowest BCUT2D eigenvalue weighted by Crippen LogP contribution is -2.38. The van der Waals surface area contributed by atoms with Gasteiger partial charge in [0.25, 0.3) is 0 Å². The third-order valence-corrected chi connectivity index (χ3v) is 6.52. The minimum absolute atomic E-state index is 0.0546. The van der Waals surface area contributed by atoms with E-state index >= 15 is 0 Å². The van der Waals surface area contributed by atoms with E-state index in [1.54, 1.807) is 0 Å². The summed E-state index contributed by atoms with van der Waals surface area (Å²) in [4.78, 5) is 19.8. The van der Waals surface area contributed by atoms with Gasteiger partial charge in [0.2, 0.25) is 11.8 Å². The number of amides is 1. The van der Waals surface area contributed by atoms with E-state index in [4.69, 9.17) is 9.51 Å². The minimum Gasteiger partial charge on any atom is -0.341 e. The molecule has 5 nitrogen and oxygen atoms in total. The van der Waals surface area contributed by atoms with Gasteiger partial charge in [-0.3, -0.25) is 4.79 Å². The number of carbonyl (C=O) groups is 1. The molecule has 1 aromatic rings. The monoisotopic (exact) mass is 331 g/mol. The van der Waals surface area contributed by atoms with Gasteiger partial charge in [-0.05, 0) is 31.6 Å². The van der Waals surface area contributed by atoms with Crippen molar-refractivity contribution in [3.8, 4) is 0 Å². The topological polar surface area (TPSA) is 59.2 Å². The van der Waals surface area contributed by atoms with Gasteiger partial charge >= 0.3 is 0 Å². The summed E-state index contributed by atoms with van der Waals surface area (Å²) in [6.07, 6.45) is 9.34. The Morgan fingerprint density at radius 1 is 1.21 bits per heavy atom. The predicted octanol–water partition coefficient (Wildman–Crippen LogP) is 3.65. The van der Waals surface area contributed by atoms with Crippen LogP contribution in [0, 0.1) is 11.8 Å². The van der Waals surface area contributed by atoms with E-state index in [0.29, 0.717) is 11.8 Å². The molecule has 3 fully saturated rings. The highest BCUT2D eigenvalue weighted by atomic mass is 16.5. The van der Waals surface area contributed by atoms with Gasteiger partial charge in [-0.1, -0.05) is 44.7 Å². The summed E-state index contributed by atoms with van der Waals surface area (Å²) in [5.41, 5.74) is -0.0546. The van der Waals surface area contributed by atoms with Crippen LogP contribution < -0.4 is 0 Å². The molecule has 0 aromatic carbocycles. The van der Waals surface area contributed by atoms with E-state index in [-0.39, 0.29) is 17.3 Å².